The van der Waals surface area contributed by atoms with Crippen LogP contribution in [0.25, 0.3) is 0 Å². The first kappa shape index (κ1) is 25.5. The van der Waals surface area contributed by atoms with Gasteiger partial charge in [0.25, 0.3) is 0 Å². The number of benzene rings is 2. The summed E-state index contributed by atoms with van der Waals surface area (Å²) in [6, 6.07) is 14.0. The monoisotopic (exact) mass is 612 g/mol. The lowest BCUT2D eigenvalue weighted by Gasteiger charge is -2.42. The van der Waals surface area contributed by atoms with E-state index in [1.165, 1.54) is 0 Å². The van der Waals surface area contributed by atoms with E-state index in [1.54, 1.807) is 0 Å². The van der Waals surface area contributed by atoms with Crippen molar-refractivity contribution in [3.05, 3.63) is 85.2 Å². The fourth-order valence-electron chi connectivity index (χ4n) is 5.62. The van der Waals surface area contributed by atoms with Crippen molar-refractivity contribution in [3.8, 4) is 5.75 Å². The number of hydrogen-bond acceptors (Lipinski definition) is 4. The Hall–Kier alpha value is -2.18. The fraction of sp³-hybridized carbons (Fsp3) is 0.400. The minimum absolute atomic E-state index is 0.0621. The lowest BCUT2D eigenvalue weighted by atomic mass is 9.65. The molecule has 2 aromatic rings. The summed E-state index contributed by atoms with van der Waals surface area (Å²) in [5.41, 5.74) is 2.87. The molecular formula is C30H30Br2O4. The van der Waals surface area contributed by atoms with Crippen LogP contribution in [0.1, 0.15) is 70.4 Å². The van der Waals surface area contributed by atoms with Gasteiger partial charge in [0, 0.05) is 42.7 Å². The van der Waals surface area contributed by atoms with Crippen LogP contribution in [-0.4, -0.2) is 11.6 Å². The zero-order valence-corrected chi connectivity index (χ0v) is 24.2. The van der Waals surface area contributed by atoms with E-state index in [1.807, 2.05) is 42.5 Å². The van der Waals surface area contributed by atoms with Gasteiger partial charge >= 0.3 is 0 Å². The highest BCUT2D eigenvalue weighted by atomic mass is 79.9. The molecule has 2 aliphatic carbocycles. The Kier molecular flexibility index (Phi) is 6.57. The van der Waals surface area contributed by atoms with Crippen LogP contribution < -0.4 is 4.74 Å². The molecule has 0 amide bonds. The number of rotatable bonds is 4. The van der Waals surface area contributed by atoms with Crippen LogP contribution in [0.15, 0.2) is 74.1 Å². The molecule has 0 spiro atoms. The van der Waals surface area contributed by atoms with Crippen LogP contribution in [-0.2, 0) is 20.9 Å². The summed E-state index contributed by atoms with van der Waals surface area (Å²) in [4.78, 5) is 27.0. The molecule has 3 aliphatic rings. The molecule has 0 N–H and O–H groups in total. The number of ketones is 2. The van der Waals surface area contributed by atoms with Crippen LogP contribution in [0.5, 0.6) is 5.75 Å². The number of carbonyl (C=O) groups excluding carboxylic acids is 2. The highest BCUT2D eigenvalue weighted by molar-refractivity contribution is 9.11. The van der Waals surface area contributed by atoms with Crippen LogP contribution in [0.2, 0.25) is 0 Å². The van der Waals surface area contributed by atoms with Gasteiger partial charge < -0.3 is 9.47 Å². The van der Waals surface area contributed by atoms with E-state index in [0.29, 0.717) is 49.2 Å². The van der Waals surface area contributed by atoms with Crippen LogP contribution in [0.4, 0.5) is 0 Å². The molecule has 1 aliphatic heterocycles. The summed E-state index contributed by atoms with van der Waals surface area (Å²) in [5.74, 6) is 1.82. The summed E-state index contributed by atoms with van der Waals surface area (Å²) >= 11 is 7.38. The Labute approximate surface area is 229 Å². The quantitative estimate of drug-likeness (QED) is 0.349. The summed E-state index contributed by atoms with van der Waals surface area (Å²) in [7, 11) is 0. The molecule has 2 aromatic carbocycles. The van der Waals surface area contributed by atoms with Crippen molar-refractivity contribution in [1.29, 1.82) is 0 Å². The Morgan fingerprint density at radius 3 is 1.83 bits per heavy atom. The van der Waals surface area contributed by atoms with Gasteiger partial charge in [-0.25, -0.2) is 0 Å². The van der Waals surface area contributed by atoms with Gasteiger partial charge in [0.05, 0.1) is 8.95 Å². The van der Waals surface area contributed by atoms with Gasteiger partial charge in [-0.2, -0.15) is 0 Å². The first-order chi connectivity index (χ1) is 16.9. The van der Waals surface area contributed by atoms with Gasteiger partial charge in [0.15, 0.2) is 11.6 Å². The first-order valence-corrected chi connectivity index (χ1v) is 13.9. The topological polar surface area (TPSA) is 52.6 Å². The molecule has 0 saturated heterocycles. The minimum Gasteiger partial charge on any atom is -0.487 e. The van der Waals surface area contributed by atoms with E-state index in [9.17, 15) is 9.59 Å². The summed E-state index contributed by atoms with van der Waals surface area (Å²) in [6.45, 7) is 8.82. The highest BCUT2D eigenvalue weighted by Gasteiger charge is 2.48. The third kappa shape index (κ3) is 4.87. The summed E-state index contributed by atoms with van der Waals surface area (Å²) in [6.07, 6.45) is 2.23. The maximum absolute atomic E-state index is 13.5. The molecule has 4 nitrogen and oxygen atoms in total. The van der Waals surface area contributed by atoms with E-state index < -0.39 is 5.92 Å². The zero-order chi connectivity index (χ0) is 25.8. The molecule has 5 rings (SSSR count). The SMILES string of the molecule is CC1(C)CC(=O)C2=C(C1)OC1=C(C(=O)CC(C)(C)C1)C2c1cc(Br)c(OCc2ccccc2)c(Br)c1. The summed E-state index contributed by atoms with van der Waals surface area (Å²) < 4.78 is 14.1. The van der Waals surface area contributed by atoms with Crippen molar-refractivity contribution in [3.63, 3.8) is 0 Å². The second-order valence-corrected chi connectivity index (χ2v) is 13.4. The molecule has 0 fully saturated rings. The molecule has 1 heterocycles. The number of hydrogen-bond donors (Lipinski definition) is 0. The maximum Gasteiger partial charge on any atom is 0.163 e. The van der Waals surface area contributed by atoms with Crippen molar-refractivity contribution >= 4 is 43.4 Å². The molecule has 0 aromatic heterocycles. The Balaban J connectivity index is 1.58. The van der Waals surface area contributed by atoms with E-state index in [-0.39, 0.29) is 22.4 Å². The lowest BCUT2D eigenvalue weighted by molar-refractivity contribution is -0.120. The molecule has 0 bridgehead atoms. The van der Waals surface area contributed by atoms with Crippen molar-refractivity contribution in [1.82, 2.24) is 0 Å². The largest absolute Gasteiger partial charge is 0.487 e. The number of carbonyl (C=O) groups is 2. The molecule has 188 valence electrons. The van der Waals surface area contributed by atoms with Gasteiger partial charge in [0.1, 0.15) is 23.9 Å². The lowest BCUT2D eigenvalue weighted by Crippen LogP contribution is -2.37. The van der Waals surface area contributed by atoms with Gasteiger partial charge in [-0.3, -0.25) is 9.59 Å². The minimum atomic E-state index is -0.438. The zero-order valence-electron chi connectivity index (χ0n) is 21.0. The Morgan fingerprint density at radius 2 is 1.33 bits per heavy atom. The summed E-state index contributed by atoms with van der Waals surface area (Å²) in [5, 5.41) is 0. The van der Waals surface area contributed by atoms with Crippen molar-refractivity contribution in [2.45, 2.75) is 65.9 Å². The first-order valence-electron chi connectivity index (χ1n) is 12.3. The second-order valence-electron chi connectivity index (χ2n) is 11.7. The Morgan fingerprint density at radius 1 is 0.833 bits per heavy atom. The van der Waals surface area contributed by atoms with Crippen molar-refractivity contribution in [2.24, 2.45) is 10.8 Å². The molecule has 0 radical (unpaired) electrons. The van der Waals surface area contributed by atoms with E-state index in [0.717, 1.165) is 31.6 Å². The maximum atomic E-state index is 13.5. The third-order valence-corrected chi connectivity index (χ3v) is 8.34. The normalized spacial score (nSPS) is 21.2. The number of halogens is 2. The average molecular weight is 614 g/mol. The molecule has 0 atom stereocenters. The van der Waals surface area contributed by atoms with Crippen LogP contribution in [0, 0.1) is 10.8 Å². The Bertz CT molecular complexity index is 1240. The molecular weight excluding hydrogens is 584 g/mol. The molecule has 6 heteroatoms. The highest BCUT2D eigenvalue weighted by Crippen LogP contribution is 2.54. The molecule has 0 saturated carbocycles. The predicted octanol–water partition coefficient (Wildman–Crippen LogP) is 8.19. The predicted molar refractivity (Wildman–Crippen MR) is 147 cm³/mol. The number of allylic oxidation sites excluding steroid dienone is 4. The third-order valence-electron chi connectivity index (χ3n) is 7.16. The van der Waals surface area contributed by atoms with Crippen molar-refractivity contribution in [2.75, 3.05) is 0 Å². The molecule has 36 heavy (non-hydrogen) atoms. The smallest absolute Gasteiger partial charge is 0.163 e. The molecule has 0 unspecified atom stereocenters. The van der Waals surface area contributed by atoms with E-state index in [2.05, 4.69) is 59.6 Å². The van der Waals surface area contributed by atoms with Crippen LogP contribution >= 0.6 is 31.9 Å². The van der Waals surface area contributed by atoms with Gasteiger partial charge in [-0.1, -0.05) is 58.0 Å². The van der Waals surface area contributed by atoms with Gasteiger partial charge in [-0.05, 0) is 65.9 Å². The standard InChI is InChI=1S/C30H30Br2O4/c1-29(2)12-21(33)26-23(14-29)36-24-15-30(3,4)13-22(34)27(24)25(26)18-10-19(31)28(20(32)11-18)35-16-17-8-6-5-7-9-17/h5-11,25H,12-16H2,1-4H3. The average Bonchev–Trinajstić information content (AvgIpc) is 2.76. The van der Waals surface area contributed by atoms with E-state index >= 15 is 0 Å². The van der Waals surface area contributed by atoms with E-state index in [4.69, 9.17) is 9.47 Å². The number of ether oxygens (including phenoxy) is 2. The van der Waals surface area contributed by atoms with Gasteiger partial charge in [0.2, 0.25) is 0 Å². The fourth-order valence-corrected chi connectivity index (χ4v) is 7.07. The second kappa shape index (κ2) is 9.29. The number of Topliss-reactive ketones (excluding diaryl/α,β-unsaturated/α-hetero) is 2. The van der Waals surface area contributed by atoms with Crippen LogP contribution in [0.3, 0.4) is 0 Å². The van der Waals surface area contributed by atoms with Gasteiger partial charge in [-0.15, -0.1) is 0 Å². The van der Waals surface area contributed by atoms with Crippen molar-refractivity contribution < 1.29 is 19.1 Å².